The van der Waals surface area contributed by atoms with Crippen LogP contribution in [0.5, 0.6) is 0 Å². The van der Waals surface area contributed by atoms with Crippen molar-refractivity contribution < 1.29 is 29.1 Å². The minimum Gasteiger partial charge on any atom is -0.465 e. The van der Waals surface area contributed by atoms with E-state index in [0.29, 0.717) is 19.4 Å². The third kappa shape index (κ3) is 3.88. The molecule has 0 aromatic heterocycles. The van der Waals surface area contributed by atoms with Crippen LogP contribution in [0.25, 0.3) is 0 Å². The lowest BCUT2D eigenvalue weighted by Crippen LogP contribution is -2.60. The van der Waals surface area contributed by atoms with E-state index < -0.39 is 29.9 Å². The smallest absolute Gasteiger partial charge is 0.407 e. The van der Waals surface area contributed by atoms with Gasteiger partial charge in [-0.3, -0.25) is 25.3 Å². The number of nitrogens with zero attached hydrogens (tertiary/aromatic N) is 3. The molecular formula is C19H23N5O6. The molecule has 3 aliphatic rings. The standard InChI is InChI=1S/C19H23N5O6/c25-16(13-8-22(9-13)19(28)29)20-21-17(26)15-7-6-14-10-23(15)18(27)24(14)30-11-12-4-2-1-3-5-12/h1-5,13-15H,6-11H2,(H,20,25)(H,21,26)(H,28,29). The Morgan fingerprint density at radius 1 is 1.03 bits per heavy atom. The van der Waals surface area contributed by atoms with Gasteiger partial charge in [0, 0.05) is 19.6 Å². The van der Waals surface area contributed by atoms with Gasteiger partial charge in [0.05, 0.1) is 12.0 Å². The molecule has 2 unspecified atom stereocenters. The maximum atomic E-state index is 12.7. The summed E-state index contributed by atoms with van der Waals surface area (Å²) < 4.78 is 0. The number of likely N-dealkylation sites (tertiary alicyclic amines) is 1. The van der Waals surface area contributed by atoms with Crippen LogP contribution in [0.1, 0.15) is 18.4 Å². The van der Waals surface area contributed by atoms with E-state index in [1.54, 1.807) is 0 Å². The summed E-state index contributed by atoms with van der Waals surface area (Å²) in [5.41, 5.74) is 5.64. The van der Waals surface area contributed by atoms with Gasteiger partial charge >= 0.3 is 12.1 Å². The summed E-state index contributed by atoms with van der Waals surface area (Å²) in [4.78, 5) is 56.3. The van der Waals surface area contributed by atoms with E-state index in [-0.39, 0.29) is 31.8 Å². The number of piperidine rings is 1. The normalized spacial score (nSPS) is 23.2. The molecule has 2 bridgehead atoms. The van der Waals surface area contributed by atoms with Crippen LogP contribution in [0.2, 0.25) is 0 Å². The lowest BCUT2D eigenvalue weighted by atomic mass is 10.00. The number of carbonyl (C=O) groups is 4. The largest absolute Gasteiger partial charge is 0.465 e. The fraction of sp³-hybridized carbons (Fsp3) is 0.474. The van der Waals surface area contributed by atoms with Crippen LogP contribution in [0.3, 0.4) is 0 Å². The van der Waals surface area contributed by atoms with Gasteiger partial charge in [-0.05, 0) is 18.4 Å². The average molecular weight is 417 g/mol. The molecule has 3 saturated heterocycles. The Kier molecular flexibility index (Phi) is 5.44. The maximum Gasteiger partial charge on any atom is 0.407 e. The first-order valence-corrected chi connectivity index (χ1v) is 9.78. The fourth-order valence-corrected chi connectivity index (χ4v) is 3.90. The lowest BCUT2D eigenvalue weighted by molar-refractivity contribution is -0.140. The number of hydroxylamine groups is 2. The monoisotopic (exact) mass is 417 g/mol. The van der Waals surface area contributed by atoms with Crippen molar-refractivity contribution in [3.8, 4) is 0 Å². The predicted molar refractivity (Wildman–Crippen MR) is 101 cm³/mol. The summed E-state index contributed by atoms with van der Waals surface area (Å²) in [6.07, 6.45) is -0.00914. The van der Waals surface area contributed by atoms with Gasteiger partial charge in [0.25, 0.3) is 5.91 Å². The van der Waals surface area contributed by atoms with Gasteiger partial charge in [0.2, 0.25) is 5.91 Å². The number of benzene rings is 1. The molecular weight excluding hydrogens is 394 g/mol. The summed E-state index contributed by atoms with van der Waals surface area (Å²) in [6, 6.07) is 8.32. The van der Waals surface area contributed by atoms with Crippen molar-refractivity contribution in [2.45, 2.75) is 31.5 Å². The van der Waals surface area contributed by atoms with E-state index in [9.17, 15) is 19.2 Å². The first kappa shape index (κ1) is 20.0. The van der Waals surface area contributed by atoms with Crippen LogP contribution in [0, 0.1) is 5.92 Å². The highest BCUT2D eigenvalue weighted by Crippen LogP contribution is 2.30. The van der Waals surface area contributed by atoms with Crippen molar-refractivity contribution in [3.05, 3.63) is 35.9 Å². The Bertz CT molecular complexity index is 843. The molecule has 2 atom stereocenters. The summed E-state index contributed by atoms with van der Waals surface area (Å²) in [5, 5.41) is 10.1. The highest BCUT2D eigenvalue weighted by atomic mass is 16.7. The van der Waals surface area contributed by atoms with Crippen molar-refractivity contribution in [2.24, 2.45) is 5.92 Å². The summed E-state index contributed by atoms with van der Waals surface area (Å²) >= 11 is 0. The predicted octanol–water partition coefficient (Wildman–Crippen LogP) is 0.144. The maximum absolute atomic E-state index is 12.7. The molecule has 11 nitrogen and oxygen atoms in total. The van der Waals surface area contributed by atoms with Crippen molar-refractivity contribution in [3.63, 3.8) is 0 Å². The van der Waals surface area contributed by atoms with Crippen LogP contribution in [-0.2, 0) is 21.0 Å². The molecule has 0 radical (unpaired) electrons. The van der Waals surface area contributed by atoms with E-state index >= 15 is 0 Å². The molecule has 0 spiro atoms. The zero-order valence-corrected chi connectivity index (χ0v) is 16.2. The van der Waals surface area contributed by atoms with E-state index in [4.69, 9.17) is 9.94 Å². The second-order valence-electron chi connectivity index (χ2n) is 7.63. The summed E-state index contributed by atoms with van der Waals surface area (Å²) in [6.45, 7) is 0.843. The molecule has 4 rings (SSSR count). The minimum atomic E-state index is -1.08. The number of fused-ring (bicyclic) bond motifs is 2. The van der Waals surface area contributed by atoms with Gasteiger partial charge in [-0.15, -0.1) is 0 Å². The molecule has 1 aromatic rings. The molecule has 3 fully saturated rings. The van der Waals surface area contributed by atoms with Crippen LogP contribution in [0.4, 0.5) is 9.59 Å². The third-order valence-electron chi connectivity index (χ3n) is 5.67. The first-order chi connectivity index (χ1) is 14.4. The highest BCUT2D eigenvalue weighted by Gasteiger charge is 2.48. The second-order valence-corrected chi connectivity index (χ2v) is 7.63. The van der Waals surface area contributed by atoms with E-state index in [0.717, 1.165) is 10.5 Å². The van der Waals surface area contributed by atoms with E-state index in [1.165, 1.54) is 9.96 Å². The molecule has 1 aromatic carbocycles. The Morgan fingerprint density at radius 2 is 1.73 bits per heavy atom. The summed E-state index contributed by atoms with van der Waals surface area (Å²) in [5.74, 6) is -1.42. The zero-order chi connectivity index (χ0) is 21.3. The molecule has 160 valence electrons. The number of hydrogen-bond donors (Lipinski definition) is 3. The molecule has 11 heteroatoms. The van der Waals surface area contributed by atoms with Crippen molar-refractivity contribution >= 4 is 23.9 Å². The molecule has 0 saturated carbocycles. The fourth-order valence-electron chi connectivity index (χ4n) is 3.90. The third-order valence-corrected chi connectivity index (χ3v) is 5.67. The Morgan fingerprint density at radius 3 is 2.43 bits per heavy atom. The van der Waals surface area contributed by atoms with Crippen molar-refractivity contribution in [2.75, 3.05) is 19.6 Å². The molecule has 30 heavy (non-hydrogen) atoms. The van der Waals surface area contributed by atoms with Crippen LogP contribution < -0.4 is 10.9 Å². The topological polar surface area (TPSA) is 132 Å². The number of rotatable bonds is 5. The molecule has 3 heterocycles. The number of hydrazine groups is 1. The SMILES string of the molecule is O=C(NNC(=O)C1CCC2CN1C(=O)N2OCc1ccccc1)C1CN(C(=O)O)C1. The highest BCUT2D eigenvalue weighted by molar-refractivity contribution is 5.90. The number of hydrogen-bond acceptors (Lipinski definition) is 5. The second kappa shape index (κ2) is 8.19. The molecule has 5 amide bonds. The number of carbonyl (C=O) groups excluding carboxylic acids is 3. The number of urea groups is 1. The van der Waals surface area contributed by atoms with Crippen LogP contribution in [-0.4, -0.2) is 75.6 Å². The quantitative estimate of drug-likeness (QED) is 0.584. The van der Waals surface area contributed by atoms with Crippen molar-refractivity contribution in [1.29, 1.82) is 0 Å². The van der Waals surface area contributed by atoms with Gasteiger partial charge in [0.15, 0.2) is 0 Å². The lowest BCUT2D eigenvalue weighted by Gasteiger charge is -2.36. The first-order valence-electron chi connectivity index (χ1n) is 9.78. The summed E-state index contributed by atoms with van der Waals surface area (Å²) in [7, 11) is 0. The van der Waals surface area contributed by atoms with Crippen LogP contribution in [0.15, 0.2) is 30.3 Å². The average Bonchev–Trinajstić information content (AvgIpc) is 2.94. The van der Waals surface area contributed by atoms with Gasteiger partial charge in [0.1, 0.15) is 12.6 Å². The van der Waals surface area contributed by atoms with Gasteiger partial charge < -0.3 is 14.9 Å². The van der Waals surface area contributed by atoms with E-state index in [2.05, 4.69) is 10.9 Å². The number of amides is 5. The Balaban J connectivity index is 1.27. The minimum absolute atomic E-state index is 0.0977. The molecule has 0 aliphatic carbocycles. The van der Waals surface area contributed by atoms with Crippen LogP contribution >= 0.6 is 0 Å². The Hall–Kier alpha value is -3.34. The molecule has 3 N–H and O–H groups in total. The number of nitrogens with one attached hydrogen (secondary N) is 2. The van der Waals surface area contributed by atoms with Crippen molar-refractivity contribution in [1.82, 2.24) is 25.7 Å². The Labute approximate surface area is 172 Å². The van der Waals surface area contributed by atoms with E-state index in [1.807, 2.05) is 30.3 Å². The number of carboxylic acid groups (broad SMARTS) is 1. The van der Waals surface area contributed by atoms with Gasteiger partial charge in [-0.1, -0.05) is 30.3 Å². The van der Waals surface area contributed by atoms with Gasteiger partial charge in [-0.2, -0.15) is 5.06 Å². The van der Waals surface area contributed by atoms with Gasteiger partial charge in [-0.25, -0.2) is 9.59 Å². The zero-order valence-electron chi connectivity index (χ0n) is 16.2. The molecule has 3 aliphatic heterocycles.